The van der Waals surface area contributed by atoms with Crippen molar-refractivity contribution in [1.82, 2.24) is 9.97 Å². The molecule has 178 valence electrons. The SMILES string of the molecule is COC(=O)c1cc(-c2cccc(-c3cc(C(=O)OC)c(-c4ccccc4)[nH]3)c2)[nH]c1-c1ccccc1. The molecule has 3 aromatic carbocycles. The number of carbonyl (C=O) groups excluding carboxylic acids is 2. The average Bonchev–Trinajstić information content (AvgIpc) is 3.59. The second kappa shape index (κ2) is 9.80. The molecule has 0 unspecified atom stereocenters. The summed E-state index contributed by atoms with van der Waals surface area (Å²) in [4.78, 5) is 31.8. The van der Waals surface area contributed by atoms with E-state index < -0.39 is 11.9 Å². The summed E-state index contributed by atoms with van der Waals surface area (Å²) in [6, 6.07) is 30.8. The maximum absolute atomic E-state index is 12.5. The highest BCUT2D eigenvalue weighted by molar-refractivity contribution is 5.99. The maximum Gasteiger partial charge on any atom is 0.340 e. The first-order valence-corrected chi connectivity index (χ1v) is 11.4. The minimum atomic E-state index is -0.410. The van der Waals surface area contributed by atoms with Gasteiger partial charge in [0.05, 0.1) is 36.7 Å². The quantitative estimate of drug-likeness (QED) is 0.271. The third-order valence-corrected chi connectivity index (χ3v) is 6.06. The van der Waals surface area contributed by atoms with Crippen molar-refractivity contribution in [3.8, 4) is 45.0 Å². The van der Waals surface area contributed by atoms with Crippen molar-refractivity contribution in [3.63, 3.8) is 0 Å². The van der Waals surface area contributed by atoms with Crippen LogP contribution in [0.2, 0.25) is 0 Å². The molecule has 5 aromatic rings. The Hall–Kier alpha value is -4.84. The number of hydrogen-bond donors (Lipinski definition) is 2. The summed E-state index contributed by atoms with van der Waals surface area (Å²) >= 11 is 0. The van der Waals surface area contributed by atoms with E-state index >= 15 is 0 Å². The molecule has 0 aliphatic heterocycles. The van der Waals surface area contributed by atoms with Gasteiger partial charge in [-0.05, 0) is 40.5 Å². The minimum Gasteiger partial charge on any atom is -0.465 e. The summed E-state index contributed by atoms with van der Waals surface area (Å²) in [5.74, 6) is -0.820. The Balaban J connectivity index is 1.59. The highest BCUT2D eigenvalue weighted by atomic mass is 16.5. The molecule has 0 amide bonds. The van der Waals surface area contributed by atoms with Crippen LogP contribution in [-0.4, -0.2) is 36.1 Å². The molecule has 0 bridgehead atoms. The lowest BCUT2D eigenvalue weighted by atomic mass is 10.0. The molecular formula is C30H24N2O4. The first kappa shape index (κ1) is 22.9. The second-order valence-corrected chi connectivity index (χ2v) is 8.24. The molecule has 0 saturated carbocycles. The highest BCUT2D eigenvalue weighted by Crippen LogP contribution is 2.34. The standard InChI is InChI=1S/C30H24N2O4/c1-35-29(33)23-17-25(31-27(23)19-10-5-3-6-11-19)21-14-9-15-22(16-21)26-18-24(30(34)36-2)28(32-26)20-12-7-4-8-13-20/h3-18,31-32H,1-2H3. The molecule has 5 rings (SSSR count). The van der Waals surface area contributed by atoms with Gasteiger partial charge in [-0.15, -0.1) is 0 Å². The predicted molar refractivity (Wildman–Crippen MR) is 140 cm³/mol. The van der Waals surface area contributed by atoms with Crippen molar-refractivity contribution >= 4 is 11.9 Å². The number of hydrogen-bond acceptors (Lipinski definition) is 4. The number of esters is 2. The van der Waals surface area contributed by atoms with E-state index in [-0.39, 0.29) is 0 Å². The van der Waals surface area contributed by atoms with Crippen LogP contribution in [0.25, 0.3) is 45.0 Å². The van der Waals surface area contributed by atoms with Gasteiger partial charge in [-0.1, -0.05) is 78.9 Å². The van der Waals surface area contributed by atoms with Crippen LogP contribution in [0, 0.1) is 0 Å². The Morgan fingerprint density at radius 2 is 0.917 bits per heavy atom. The van der Waals surface area contributed by atoms with Gasteiger partial charge in [0.1, 0.15) is 0 Å². The van der Waals surface area contributed by atoms with Crippen molar-refractivity contribution in [2.75, 3.05) is 14.2 Å². The summed E-state index contributed by atoms with van der Waals surface area (Å²) in [7, 11) is 2.75. The van der Waals surface area contributed by atoms with Crippen LogP contribution >= 0.6 is 0 Å². The smallest absolute Gasteiger partial charge is 0.340 e. The number of nitrogens with one attached hydrogen (secondary N) is 2. The summed E-state index contributed by atoms with van der Waals surface area (Å²) < 4.78 is 10.0. The van der Waals surface area contributed by atoms with E-state index in [0.717, 1.165) is 33.6 Å². The first-order chi connectivity index (χ1) is 17.6. The molecule has 0 saturated heterocycles. The Bertz CT molecular complexity index is 1420. The number of ether oxygens (including phenoxy) is 2. The molecule has 2 N–H and O–H groups in total. The van der Waals surface area contributed by atoms with Gasteiger partial charge in [0.15, 0.2) is 0 Å². The van der Waals surface area contributed by atoms with Gasteiger partial charge >= 0.3 is 11.9 Å². The maximum atomic E-state index is 12.5. The lowest BCUT2D eigenvalue weighted by Crippen LogP contribution is -2.01. The number of carbonyl (C=O) groups is 2. The molecule has 0 atom stereocenters. The van der Waals surface area contributed by atoms with Crippen LogP contribution in [0.3, 0.4) is 0 Å². The van der Waals surface area contributed by atoms with Gasteiger partial charge in [0, 0.05) is 11.4 Å². The van der Waals surface area contributed by atoms with Crippen LogP contribution in [0.5, 0.6) is 0 Å². The molecule has 6 nitrogen and oxygen atoms in total. The molecular weight excluding hydrogens is 452 g/mol. The number of benzene rings is 3. The second-order valence-electron chi connectivity index (χ2n) is 8.24. The van der Waals surface area contributed by atoms with Crippen LogP contribution < -0.4 is 0 Å². The van der Waals surface area contributed by atoms with Crippen LogP contribution in [0.4, 0.5) is 0 Å². The van der Waals surface area contributed by atoms with Crippen LogP contribution in [0.1, 0.15) is 20.7 Å². The van der Waals surface area contributed by atoms with Crippen molar-refractivity contribution in [2.24, 2.45) is 0 Å². The molecule has 0 radical (unpaired) electrons. The summed E-state index contributed by atoms with van der Waals surface area (Å²) in [5.41, 5.74) is 7.42. The Kier molecular flexibility index (Phi) is 6.24. The van der Waals surface area contributed by atoms with E-state index in [9.17, 15) is 9.59 Å². The van der Waals surface area contributed by atoms with E-state index in [1.165, 1.54) is 14.2 Å². The lowest BCUT2D eigenvalue weighted by molar-refractivity contribution is 0.0593. The molecule has 0 aliphatic carbocycles. The van der Waals surface area contributed by atoms with E-state index in [1.807, 2.05) is 84.9 Å². The lowest BCUT2D eigenvalue weighted by Gasteiger charge is -2.04. The van der Waals surface area contributed by atoms with E-state index in [1.54, 1.807) is 12.1 Å². The molecule has 6 heteroatoms. The monoisotopic (exact) mass is 476 g/mol. The van der Waals surface area contributed by atoms with Crippen molar-refractivity contribution in [1.29, 1.82) is 0 Å². The van der Waals surface area contributed by atoms with E-state index in [4.69, 9.17) is 9.47 Å². The largest absolute Gasteiger partial charge is 0.465 e. The van der Waals surface area contributed by atoms with Gasteiger partial charge in [-0.2, -0.15) is 0 Å². The third kappa shape index (κ3) is 4.32. The summed E-state index contributed by atoms with van der Waals surface area (Å²) in [6.45, 7) is 0. The number of aromatic amines is 2. The van der Waals surface area contributed by atoms with Crippen molar-refractivity contribution in [3.05, 3.63) is 108 Å². The number of rotatable bonds is 6. The van der Waals surface area contributed by atoms with Crippen LogP contribution in [-0.2, 0) is 9.47 Å². The Morgan fingerprint density at radius 1 is 0.528 bits per heavy atom. The molecule has 2 heterocycles. The number of methoxy groups -OCH3 is 2. The predicted octanol–water partition coefficient (Wildman–Crippen LogP) is 6.58. The number of H-pyrrole nitrogens is 2. The zero-order chi connectivity index (χ0) is 25.1. The van der Waals surface area contributed by atoms with E-state index in [0.29, 0.717) is 22.5 Å². The van der Waals surface area contributed by atoms with Crippen molar-refractivity contribution < 1.29 is 19.1 Å². The van der Waals surface area contributed by atoms with Gasteiger partial charge in [-0.3, -0.25) is 0 Å². The van der Waals surface area contributed by atoms with Crippen LogP contribution in [0.15, 0.2) is 97.1 Å². The Morgan fingerprint density at radius 3 is 1.31 bits per heavy atom. The number of aromatic nitrogens is 2. The first-order valence-electron chi connectivity index (χ1n) is 11.4. The molecule has 2 aromatic heterocycles. The van der Waals surface area contributed by atoms with Gasteiger partial charge in [0.2, 0.25) is 0 Å². The molecule has 0 spiro atoms. The third-order valence-electron chi connectivity index (χ3n) is 6.06. The summed E-state index contributed by atoms with van der Waals surface area (Å²) in [5, 5.41) is 0. The minimum absolute atomic E-state index is 0.410. The topological polar surface area (TPSA) is 84.2 Å². The zero-order valence-electron chi connectivity index (χ0n) is 19.9. The van der Waals surface area contributed by atoms with E-state index in [2.05, 4.69) is 9.97 Å². The van der Waals surface area contributed by atoms with Gasteiger partial charge in [0.25, 0.3) is 0 Å². The fourth-order valence-corrected chi connectivity index (χ4v) is 4.28. The average molecular weight is 477 g/mol. The van der Waals surface area contributed by atoms with Gasteiger partial charge in [-0.25, -0.2) is 9.59 Å². The van der Waals surface area contributed by atoms with Gasteiger partial charge < -0.3 is 19.4 Å². The fourth-order valence-electron chi connectivity index (χ4n) is 4.28. The van der Waals surface area contributed by atoms with Crippen molar-refractivity contribution in [2.45, 2.75) is 0 Å². The summed E-state index contributed by atoms with van der Waals surface area (Å²) in [6.07, 6.45) is 0. The fraction of sp³-hybridized carbons (Fsp3) is 0.0667. The Labute approximate surface area is 208 Å². The molecule has 0 fully saturated rings. The molecule has 0 aliphatic rings. The highest BCUT2D eigenvalue weighted by Gasteiger charge is 2.20. The normalized spacial score (nSPS) is 10.7. The zero-order valence-corrected chi connectivity index (χ0v) is 19.9. The molecule has 36 heavy (non-hydrogen) atoms.